The molecule has 2 atom stereocenters. The quantitative estimate of drug-likeness (QED) is 0.868. The lowest BCUT2D eigenvalue weighted by Gasteiger charge is -2.29. The molecule has 0 aromatic carbocycles. The number of hydrogen-bond acceptors (Lipinski definition) is 5. The maximum atomic E-state index is 13.5. The van der Waals surface area contributed by atoms with Gasteiger partial charge in [-0.05, 0) is 25.5 Å². The zero-order chi connectivity index (χ0) is 12.3. The van der Waals surface area contributed by atoms with Crippen LogP contribution in [0, 0.1) is 5.82 Å². The van der Waals surface area contributed by atoms with Gasteiger partial charge in [0.15, 0.2) is 11.6 Å². The van der Waals surface area contributed by atoms with Gasteiger partial charge in [0, 0.05) is 11.3 Å². The lowest BCUT2D eigenvalue weighted by atomic mass is 9.95. The van der Waals surface area contributed by atoms with E-state index in [1.54, 1.807) is 0 Å². The SMILES string of the molecule is CSC1CCCC(Nc2nc(N)ncc2F)C1. The summed E-state index contributed by atoms with van der Waals surface area (Å²) in [6, 6.07) is 0.282. The van der Waals surface area contributed by atoms with Crippen molar-refractivity contribution in [3.05, 3.63) is 12.0 Å². The Morgan fingerprint density at radius 1 is 1.53 bits per heavy atom. The molecule has 2 rings (SSSR count). The van der Waals surface area contributed by atoms with Crippen molar-refractivity contribution < 1.29 is 4.39 Å². The summed E-state index contributed by atoms with van der Waals surface area (Å²) < 4.78 is 13.5. The summed E-state index contributed by atoms with van der Waals surface area (Å²) in [6.45, 7) is 0. The highest BCUT2D eigenvalue weighted by molar-refractivity contribution is 7.99. The highest BCUT2D eigenvalue weighted by atomic mass is 32.2. The van der Waals surface area contributed by atoms with Crippen molar-refractivity contribution in [2.24, 2.45) is 0 Å². The standard InChI is InChI=1S/C11H17FN4S/c1-17-8-4-2-3-7(5-8)15-10-9(12)6-14-11(13)16-10/h6-8H,2-5H2,1H3,(H3,13,14,15,16). The van der Waals surface area contributed by atoms with Crippen molar-refractivity contribution in [2.45, 2.75) is 37.0 Å². The van der Waals surface area contributed by atoms with Crippen molar-refractivity contribution in [1.82, 2.24) is 9.97 Å². The Morgan fingerprint density at radius 2 is 2.35 bits per heavy atom. The first-order valence-electron chi connectivity index (χ1n) is 5.76. The van der Waals surface area contributed by atoms with Gasteiger partial charge in [0.2, 0.25) is 5.95 Å². The molecule has 0 radical (unpaired) electrons. The third-order valence-corrected chi connectivity index (χ3v) is 4.16. The molecule has 3 N–H and O–H groups in total. The van der Waals surface area contributed by atoms with Crippen molar-refractivity contribution in [3.8, 4) is 0 Å². The number of hydrogen-bond donors (Lipinski definition) is 2. The summed E-state index contributed by atoms with van der Waals surface area (Å²) in [5, 5.41) is 3.79. The lowest BCUT2D eigenvalue weighted by molar-refractivity contribution is 0.470. The number of nitrogens with two attached hydrogens (primary N) is 1. The van der Waals surface area contributed by atoms with E-state index >= 15 is 0 Å². The molecule has 0 spiro atoms. The average molecular weight is 256 g/mol. The largest absolute Gasteiger partial charge is 0.368 e. The van der Waals surface area contributed by atoms with Gasteiger partial charge in [-0.15, -0.1) is 0 Å². The van der Waals surface area contributed by atoms with E-state index < -0.39 is 5.82 Å². The van der Waals surface area contributed by atoms with Gasteiger partial charge in [0.25, 0.3) is 0 Å². The minimum atomic E-state index is -0.439. The predicted octanol–water partition coefficient (Wildman–Crippen LogP) is 2.28. The van der Waals surface area contributed by atoms with Crippen LogP contribution in [0.5, 0.6) is 0 Å². The van der Waals surface area contributed by atoms with E-state index in [1.165, 1.54) is 12.8 Å². The van der Waals surface area contributed by atoms with Gasteiger partial charge in [-0.2, -0.15) is 16.7 Å². The number of rotatable bonds is 3. The molecule has 0 bridgehead atoms. The van der Waals surface area contributed by atoms with E-state index in [0.717, 1.165) is 19.0 Å². The highest BCUT2D eigenvalue weighted by Gasteiger charge is 2.22. The van der Waals surface area contributed by atoms with Gasteiger partial charge < -0.3 is 11.1 Å². The molecule has 0 amide bonds. The molecule has 17 heavy (non-hydrogen) atoms. The Morgan fingerprint density at radius 3 is 3.12 bits per heavy atom. The van der Waals surface area contributed by atoms with Crippen LogP contribution in [-0.4, -0.2) is 27.5 Å². The zero-order valence-corrected chi connectivity index (χ0v) is 10.6. The molecular weight excluding hydrogens is 239 g/mol. The van der Waals surface area contributed by atoms with E-state index in [1.807, 2.05) is 11.8 Å². The molecule has 1 aliphatic rings. The van der Waals surface area contributed by atoms with Crippen molar-refractivity contribution in [1.29, 1.82) is 0 Å². The van der Waals surface area contributed by atoms with Gasteiger partial charge in [-0.3, -0.25) is 0 Å². The minimum Gasteiger partial charge on any atom is -0.368 e. The second kappa shape index (κ2) is 5.53. The maximum absolute atomic E-state index is 13.5. The first kappa shape index (κ1) is 12.4. The Kier molecular flexibility index (Phi) is 4.04. The van der Waals surface area contributed by atoms with Gasteiger partial charge in [-0.1, -0.05) is 6.42 Å². The zero-order valence-electron chi connectivity index (χ0n) is 9.82. The molecule has 4 nitrogen and oxygen atoms in total. The predicted molar refractivity (Wildman–Crippen MR) is 69.6 cm³/mol. The van der Waals surface area contributed by atoms with Crippen LogP contribution in [-0.2, 0) is 0 Å². The fourth-order valence-corrected chi connectivity index (χ4v) is 2.99. The van der Waals surface area contributed by atoms with Crippen LogP contribution in [0.4, 0.5) is 16.2 Å². The molecule has 1 aromatic heterocycles. The summed E-state index contributed by atoms with van der Waals surface area (Å²) in [7, 11) is 0. The average Bonchev–Trinajstić information content (AvgIpc) is 2.34. The van der Waals surface area contributed by atoms with Crippen LogP contribution in [0.25, 0.3) is 0 Å². The summed E-state index contributed by atoms with van der Waals surface area (Å²) in [6.07, 6.45) is 7.75. The second-order valence-corrected chi connectivity index (χ2v) is 5.43. The topological polar surface area (TPSA) is 63.8 Å². The van der Waals surface area contributed by atoms with E-state index in [-0.39, 0.29) is 17.8 Å². The maximum Gasteiger partial charge on any atom is 0.222 e. The smallest absolute Gasteiger partial charge is 0.222 e. The number of nitrogen functional groups attached to an aromatic ring is 1. The molecule has 1 saturated carbocycles. The number of anilines is 2. The minimum absolute atomic E-state index is 0.103. The second-order valence-electron chi connectivity index (χ2n) is 4.29. The number of thioether (sulfide) groups is 1. The monoisotopic (exact) mass is 256 g/mol. The van der Waals surface area contributed by atoms with Crippen LogP contribution in [0.1, 0.15) is 25.7 Å². The van der Waals surface area contributed by atoms with E-state index in [2.05, 4.69) is 21.5 Å². The molecule has 1 aromatic rings. The van der Waals surface area contributed by atoms with Crippen LogP contribution in [0.15, 0.2) is 6.20 Å². The van der Waals surface area contributed by atoms with E-state index in [0.29, 0.717) is 5.25 Å². The Balaban J connectivity index is 2.02. The number of nitrogens with zero attached hydrogens (tertiary/aromatic N) is 2. The third kappa shape index (κ3) is 3.21. The van der Waals surface area contributed by atoms with Gasteiger partial charge >= 0.3 is 0 Å². The molecule has 0 aliphatic heterocycles. The Hall–Kier alpha value is -1.04. The van der Waals surface area contributed by atoms with Crippen molar-refractivity contribution in [2.75, 3.05) is 17.3 Å². The molecule has 94 valence electrons. The van der Waals surface area contributed by atoms with Crippen LogP contribution in [0.3, 0.4) is 0 Å². The van der Waals surface area contributed by atoms with Crippen molar-refractivity contribution >= 4 is 23.5 Å². The van der Waals surface area contributed by atoms with E-state index in [4.69, 9.17) is 5.73 Å². The fourth-order valence-electron chi connectivity index (χ4n) is 2.17. The van der Waals surface area contributed by atoms with Crippen LogP contribution < -0.4 is 11.1 Å². The van der Waals surface area contributed by atoms with Crippen molar-refractivity contribution in [3.63, 3.8) is 0 Å². The molecule has 1 heterocycles. The van der Waals surface area contributed by atoms with E-state index in [9.17, 15) is 4.39 Å². The molecule has 1 fully saturated rings. The third-order valence-electron chi connectivity index (χ3n) is 3.06. The molecule has 0 saturated heterocycles. The number of nitrogens with one attached hydrogen (secondary N) is 1. The summed E-state index contributed by atoms with van der Waals surface area (Å²) >= 11 is 1.88. The number of aromatic nitrogens is 2. The first-order chi connectivity index (χ1) is 8.19. The molecular formula is C11H17FN4S. The fraction of sp³-hybridized carbons (Fsp3) is 0.636. The Labute approximate surface area is 105 Å². The summed E-state index contributed by atoms with van der Waals surface area (Å²) in [4.78, 5) is 7.50. The Bertz CT molecular complexity index is 388. The van der Waals surface area contributed by atoms with Gasteiger partial charge in [-0.25, -0.2) is 9.37 Å². The van der Waals surface area contributed by atoms with Gasteiger partial charge in [0.05, 0.1) is 6.20 Å². The van der Waals surface area contributed by atoms with Crippen LogP contribution in [0.2, 0.25) is 0 Å². The lowest BCUT2D eigenvalue weighted by Crippen LogP contribution is -2.29. The molecule has 1 aliphatic carbocycles. The summed E-state index contributed by atoms with van der Waals surface area (Å²) in [5.74, 6) is -0.110. The first-order valence-corrected chi connectivity index (χ1v) is 7.05. The van der Waals surface area contributed by atoms with Crippen LogP contribution >= 0.6 is 11.8 Å². The summed E-state index contributed by atoms with van der Waals surface area (Å²) in [5.41, 5.74) is 5.45. The molecule has 2 unspecified atom stereocenters. The molecule has 6 heteroatoms. The number of halogens is 1. The normalized spacial score (nSPS) is 24.6. The van der Waals surface area contributed by atoms with Gasteiger partial charge in [0.1, 0.15) is 0 Å². The highest BCUT2D eigenvalue weighted by Crippen LogP contribution is 2.28.